The minimum absolute atomic E-state index is 0.0304. The van der Waals surface area contributed by atoms with Crippen molar-refractivity contribution >= 4 is 27.3 Å². The first-order valence-electron chi connectivity index (χ1n) is 6.44. The van der Waals surface area contributed by atoms with Gasteiger partial charge in [-0.15, -0.1) is 0 Å². The smallest absolute Gasteiger partial charge is 0.283 e. The predicted molar refractivity (Wildman–Crippen MR) is 83.9 cm³/mol. The average Bonchev–Trinajstić information content (AvgIpc) is 2.46. The Morgan fingerprint density at radius 2 is 2.05 bits per heavy atom. The summed E-state index contributed by atoms with van der Waals surface area (Å²) in [6.45, 7) is 3.11. The molecule has 6 heteroatoms. The monoisotopic (exact) mass is 352 g/mol. The van der Waals surface area contributed by atoms with E-state index >= 15 is 0 Å². The third-order valence-electron chi connectivity index (χ3n) is 3.14. The van der Waals surface area contributed by atoms with Crippen LogP contribution in [0.5, 0.6) is 0 Å². The lowest BCUT2D eigenvalue weighted by Gasteiger charge is -2.23. The molecule has 4 nitrogen and oxygen atoms in total. The minimum Gasteiger partial charge on any atom is -0.367 e. The van der Waals surface area contributed by atoms with E-state index in [9.17, 15) is 14.5 Å². The molecule has 0 atom stereocenters. The fourth-order valence-corrected chi connectivity index (χ4v) is 2.47. The summed E-state index contributed by atoms with van der Waals surface area (Å²) in [5.41, 5.74) is 1.59. The SMILES string of the molecule is CCN(Cc1ccc(Br)c([N+](=O)[O-])c1)c1cccc(F)c1. The Labute approximate surface area is 130 Å². The zero-order chi connectivity index (χ0) is 15.4. The summed E-state index contributed by atoms with van der Waals surface area (Å²) in [4.78, 5) is 12.5. The maximum Gasteiger partial charge on any atom is 0.283 e. The highest BCUT2D eigenvalue weighted by atomic mass is 79.9. The van der Waals surface area contributed by atoms with Crippen molar-refractivity contribution in [1.82, 2.24) is 0 Å². The molecule has 0 aliphatic rings. The van der Waals surface area contributed by atoms with Crippen molar-refractivity contribution in [2.45, 2.75) is 13.5 Å². The van der Waals surface area contributed by atoms with Crippen molar-refractivity contribution in [3.05, 3.63) is 68.4 Å². The van der Waals surface area contributed by atoms with E-state index < -0.39 is 4.92 Å². The molecule has 0 amide bonds. The van der Waals surface area contributed by atoms with Gasteiger partial charge >= 0.3 is 0 Å². The number of hydrogen-bond acceptors (Lipinski definition) is 3. The van der Waals surface area contributed by atoms with E-state index in [0.717, 1.165) is 11.3 Å². The summed E-state index contributed by atoms with van der Waals surface area (Å²) in [5, 5.41) is 11.0. The number of hydrogen-bond donors (Lipinski definition) is 0. The van der Waals surface area contributed by atoms with Crippen LogP contribution in [0.3, 0.4) is 0 Å². The number of rotatable bonds is 5. The predicted octanol–water partition coefficient (Wildman–Crippen LogP) is 4.52. The zero-order valence-corrected chi connectivity index (χ0v) is 13.0. The van der Waals surface area contributed by atoms with Crippen LogP contribution in [0.25, 0.3) is 0 Å². The standard InChI is InChI=1S/C15H14BrFN2O2/c1-2-18(13-5-3-4-12(17)9-13)10-11-6-7-14(16)15(8-11)19(20)21/h3-9H,2,10H2,1H3. The number of halogens is 2. The molecular formula is C15H14BrFN2O2. The van der Waals surface area contributed by atoms with Gasteiger partial charge in [-0.05, 0) is 52.7 Å². The molecule has 0 saturated heterocycles. The van der Waals surface area contributed by atoms with Crippen LogP contribution in [0.15, 0.2) is 46.9 Å². The second kappa shape index (κ2) is 6.67. The maximum atomic E-state index is 13.3. The lowest BCUT2D eigenvalue weighted by molar-refractivity contribution is -0.385. The van der Waals surface area contributed by atoms with Crippen LogP contribution in [0.1, 0.15) is 12.5 Å². The number of nitrogens with zero attached hydrogens (tertiary/aromatic N) is 2. The maximum absolute atomic E-state index is 13.3. The molecule has 0 fully saturated rings. The number of nitro benzene ring substituents is 1. The summed E-state index contributed by atoms with van der Waals surface area (Å²) in [6, 6.07) is 11.3. The number of benzene rings is 2. The Balaban J connectivity index is 2.27. The highest BCUT2D eigenvalue weighted by molar-refractivity contribution is 9.10. The fourth-order valence-electron chi connectivity index (χ4n) is 2.08. The minimum atomic E-state index is -0.425. The van der Waals surface area contributed by atoms with Crippen molar-refractivity contribution < 1.29 is 9.31 Å². The van der Waals surface area contributed by atoms with Gasteiger partial charge in [-0.2, -0.15) is 0 Å². The summed E-state index contributed by atoms with van der Waals surface area (Å²) in [5.74, 6) is -0.298. The Bertz CT molecular complexity index is 664. The van der Waals surface area contributed by atoms with Crippen LogP contribution < -0.4 is 4.90 Å². The Morgan fingerprint density at radius 1 is 1.29 bits per heavy atom. The molecular weight excluding hydrogens is 339 g/mol. The van der Waals surface area contributed by atoms with Crippen LogP contribution in [-0.4, -0.2) is 11.5 Å². The van der Waals surface area contributed by atoms with Gasteiger partial charge in [0.2, 0.25) is 0 Å². The molecule has 2 rings (SSSR count). The van der Waals surface area contributed by atoms with Crippen molar-refractivity contribution in [2.75, 3.05) is 11.4 Å². The largest absolute Gasteiger partial charge is 0.367 e. The zero-order valence-electron chi connectivity index (χ0n) is 11.4. The first kappa shape index (κ1) is 15.4. The molecule has 0 bridgehead atoms. The van der Waals surface area contributed by atoms with Gasteiger partial charge in [-0.1, -0.05) is 12.1 Å². The number of nitro groups is 1. The third-order valence-corrected chi connectivity index (χ3v) is 3.81. The molecule has 0 saturated carbocycles. The van der Waals surface area contributed by atoms with Gasteiger partial charge in [-0.3, -0.25) is 10.1 Å². The van der Waals surface area contributed by atoms with Gasteiger partial charge in [0.25, 0.3) is 5.69 Å². The molecule has 0 aromatic heterocycles. The van der Waals surface area contributed by atoms with Crippen LogP contribution in [-0.2, 0) is 6.54 Å². The van der Waals surface area contributed by atoms with Crippen LogP contribution in [0.4, 0.5) is 15.8 Å². The fraction of sp³-hybridized carbons (Fsp3) is 0.200. The van der Waals surface area contributed by atoms with Crippen LogP contribution >= 0.6 is 15.9 Å². The molecule has 0 radical (unpaired) electrons. The highest BCUT2D eigenvalue weighted by Crippen LogP contribution is 2.27. The lowest BCUT2D eigenvalue weighted by atomic mass is 10.1. The average molecular weight is 353 g/mol. The van der Waals surface area contributed by atoms with E-state index in [1.54, 1.807) is 12.1 Å². The molecule has 0 heterocycles. The molecule has 0 aliphatic heterocycles. The molecule has 110 valence electrons. The Hall–Kier alpha value is -1.95. The third kappa shape index (κ3) is 3.78. The van der Waals surface area contributed by atoms with Gasteiger partial charge in [0.1, 0.15) is 5.82 Å². The lowest BCUT2D eigenvalue weighted by Crippen LogP contribution is -2.22. The molecule has 2 aromatic carbocycles. The summed E-state index contributed by atoms with van der Waals surface area (Å²) in [7, 11) is 0. The molecule has 0 unspecified atom stereocenters. The van der Waals surface area contributed by atoms with E-state index in [1.165, 1.54) is 18.2 Å². The van der Waals surface area contributed by atoms with E-state index in [0.29, 0.717) is 17.6 Å². The second-order valence-corrected chi connectivity index (χ2v) is 5.39. The van der Waals surface area contributed by atoms with Crippen molar-refractivity contribution in [3.8, 4) is 0 Å². The normalized spacial score (nSPS) is 10.4. The molecule has 0 N–H and O–H groups in total. The molecule has 0 aliphatic carbocycles. The van der Waals surface area contributed by atoms with Gasteiger partial charge in [-0.25, -0.2) is 4.39 Å². The van der Waals surface area contributed by atoms with Gasteiger partial charge in [0.15, 0.2) is 0 Å². The Kier molecular flexibility index (Phi) is 4.90. The van der Waals surface area contributed by atoms with Crippen molar-refractivity contribution in [1.29, 1.82) is 0 Å². The molecule has 0 spiro atoms. The Morgan fingerprint density at radius 3 is 2.67 bits per heavy atom. The molecule has 2 aromatic rings. The first-order valence-corrected chi connectivity index (χ1v) is 7.24. The number of anilines is 1. The second-order valence-electron chi connectivity index (χ2n) is 4.54. The molecule has 21 heavy (non-hydrogen) atoms. The van der Waals surface area contributed by atoms with Gasteiger partial charge in [0, 0.05) is 24.8 Å². The van der Waals surface area contributed by atoms with Crippen molar-refractivity contribution in [2.24, 2.45) is 0 Å². The summed E-state index contributed by atoms with van der Waals surface area (Å²) >= 11 is 3.16. The van der Waals surface area contributed by atoms with E-state index in [4.69, 9.17) is 0 Å². The highest BCUT2D eigenvalue weighted by Gasteiger charge is 2.14. The summed E-state index contributed by atoms with van der Waals surface area (Å²) in [6.07, 6.45) is 0. The van der Waals surface area contributed by atoms with Crippen LogP contribution in [0, 0.1) is 15.9 Å². The summed E-state index contributed by atoms with van der Waals surface area (Å²) < 4.78 is 13.8. The van der Waals surface area contributed by atoms with Crippen LogP contribution in [0.2, 0.25) is 0 Å². The van der Waals surface area contributed by atoms with Gasteiger partial charge in [0.05, 0.1) is 9.40 Å². The topological polar surface area (TPSA) is 46.4 Å². The quantitative estimate of drug-likeness (QED) is 0.586. The van der Waals surface area contributed by atoms with Crippen molar-refractivity contribution in [3.63, 3.8) is 0 Å². The first-order chi connectivity index (χ1) is 10.0. The van der Waals surface area contributed by atoms with Gasteiger partial charge < -0.3 is 4.90 Å². The van der Waals surface area contributed by atoms with E-state index in [-0.39, 0.29) is 11.5 Å². The van der Waals surface area contributed by atoms with E-state index in [1.807, 2.05) is 24.0 Å². The van der Waals surface area contributed by atoms with E-state index in [2.05, 4.69) is 15.9 Å².